The van der Waals surface area contributed by atoms with E-state index < -0.39 is 5.63 Å². The maximum Gasteiger partial charge on any atom is 0.351 e. The maximum atomic E-state index is 13.5. The molecular weight excluding hydrogens is 510 g/mol. The molecule has 0 radical (unpaired) electrons. The van der Waals surface area contributed by atoms with E-state index in [0.717, 1.165) is 11.8 Å². The summed E-state index contributed by atoms with van der Waals surface area (Å²) in [6.07, 6.45) is 7.86. The number of amides is 1. The van der Waals surface area contributed by atoms with E-state index >= 15 is 0 Å². The third-order valence-electron chi connectivity index (χ3n) is 8.53. The number of rotatable bonds is 4. The largest absolute Gasteiger partial charge is 0.506 e. The topological polar surface area (TPSA) is 93.1 Å². The molecule has 2 aromatic heterocycles. The predicted molar refractivity (Wildman–Crippen MR) is 144 cm³/mol. The van der Waals surface area contributed by atoms with E-state index in [-0.39, 0.29) is 34.6 Å². The number of furan rings is 1. The smallest absolute Gasteiger partial charge is 0.351 e. The minimum absolute atomic E-state index is 0.0643. The zero-order chi connectivity index (χ0) is 25.4. The Hall–Kier alpha value is -3.04. The minimum Gasteiger partial charge on any atom is -0.506 e. The summed E-state index contributed by atoms with van der Waals surface area (Å²) in [4.78, 5) is 28.6. The number of hydrogen-bond acceptors (Lipinski definition) is 8. The van der Waals surface area contributed by atoms with Crippen LogP contribution in [0.3, 0.4) is 0 Å². The lowest BCUT2D eigenvalue weighted by atomic mass is 9.54. The van der Waals surface area contributed by atoms with Gasteiger partial charge in [-0.05, 0) is 86.1 Å². The average molecular weight is 536 g/mol. The number of hydrogen-bond donors (Lipinski definition) is 1. The van der Waals surface area contributed by atoms with Crippen LogP contribution >= 0.6 is 24.0 Å². The third-order valence-corrected chi connectivity index (χ3v) is 9.86. The van der Waals surface area contributed by atoms with Gasteiger partial charge in [0.05, 0.1) is 17.4 Å². The first-order valence-corrected chi connectivity index (χ1v) is 13.8. The molecule has 3 aromatic rings. The molecule has 1 saturated heterocycles. The molecule has 0 spiro atoms. The van der Waals surface area contributed by atoms with E-state index in [0.29, 0.717) is 38.0 Å². The Morgan fingerprint density at radius 1 is 1.05 bits per heavy atom. The highest BCUT2D eigenvalue weighted by molar-refractivity contribution is 8.26. The fraction of sp³-hybridized carbons (Fsp3) is 0.393. The third kappa shape index (κ3) is 3.66. The van der Waals surface area contributed by atoms with E-state index in [1.807, 2.05) is 4.90 Å². The van der Waals surface area contributed by atoms with E-state index in [2.05, 4.69) is 0 Å². The molecule has 5 aliphatic rings. The SMILES string of the molecule is COc1ccc2oc(=O)c(-c3ccc(C=C4SC(=S)N(C5C6CC7CC(C6)CC5C7)C4=O)o3)c(O)c2c1. The summed E-state index contributed by atoms with van der Waals surface area (Å²) in [6, 6.07) is 8.26. The van der Waals surface area contributed by atoms with Crippen molar-refractivity contribution in [1.29, 1.82) is 0 Å². The Bertz CT molecular complexity index is 1520. The Kier molecular flexibility index (Phi) is 5.30. The number of aromatic hydroxyl groups is 1. The van der Waals surface area contributed by atoms with Gasteiger partial charge in [0.1, 0.15) is 38.5 Å². The normalized spacial score (nSPS) is 29.7. The van der Waals surface area contributed by atoms with Gasteiger partial charge in [0.15, 0.2) is 0 Å². The summed E-state index contributed by atoms with van der Waals surface area (Å²) >= 11 is 6.99. The molecule has 190 valence electrons. The van der Waals surface area contributed by atoms with E-state index in [1.165, 1.54) is 51.0 Å². The van der Waals surface area contributed by atoms with Gasteiger partial charge in [-0.15, -0.1) is 0 Å². The Labute approximate surface area is 222 Å². The van der Waals surface area contributed by atoms with Gasteiger partial charge in [-0.25, -0.2) is 4.79 Å². The van der Waals surface area contributed by atoms with Crippen molar-refractivity contribution >= 4 is 51.3 Å². The number of carbonyl (C=O) groups excluding carboxylic acids is 1. The molecule has 0 atom stereocenters. The molecule has 1 aliphatic heterocycles. The van der Waals surface area contributed by atoms with Gasteiger partial charge >= 0.3 is 5.63 Å². The molecule has 5 fully saturated rings. The lowest BCUT2D eigenvalue weighted by molar-refractivity contribution is -0.130. The highest BCUT2D eigenvalue weighted by atomic mass is 32.2. The van der Waals surface area contributed by atoms with Crippen molar-refractivity contribution in [3.05, 3.63) is 51.4 Å². The first kappa shape index (κ1) is 23.1. The number of fused-ring (bicyclic) bond motifs is 1. The minimum atomic E-state index is -0.718. The van der Waals surface area contributed by atoms with Crippen molar-refractivity contribution in [3.63, 3.8) is 0 Å². The number of methoxy groups -OCH3 is 1. The molecule has 3 heterocycles. The molecular formula is C28H25NO6S2. The summed E-state index contributed by atoms with van der Waals surface area (Å²) in [5.74, 6) is 3.47. The van der Waals surface area contributed by atoms with Crippen LogP contribution in [0.5, 0.6) is 11.5 Å². The zero-order valence-corrected chi connectivity index (χ0v) is 21.8. The molecule has 4 bridgehead atoms. The fourth-order valence-electron chi connectivity index (χ4n) is 7.26. The second kappa shape index (κ2) is 8.49. The van der Waals surface area contributed by atoms with E-state index in [4.69, 9.17) is 25.8 Å². The van der Waals surface area contributed by atoms with E-state index in [9.17, 15) is 14.7 Å². The zero-order valence-electron chi connectivity index (χ0n) is 20.1. The molecule has 1 amide bonds. The lowest BCUT2D eigenvalue weighted by Crippen LogP contribution is -2.57. The van der Waals surface area contributed by atoms with Crippen LogP contribution < -0.4 is 10.4 Å². The second-order valence-electron chi connectivity index (χ2n) is 10.7. The predicted octanol–water partition coefficient (Wildman–Crippen LogP) is 5.79. The highest BCUT2D eigenvalue weighted by Gasteiger charge is 2.53. The molecule has 4 aliphatic carbocycles. The van der Waals surface area contributed by atoms with Crippen molar-refractivity contribution in [2.24, 2.45) is 23.7 Å². The van der Waals surface area contributed by atoms with Crippen molar-refractivity contribution in [2.75, 3.05) is 7.11 Å². The van der Waals surface area contributed by atoms with E-state index in [1.54, 1.807) is 36.4 Å². The summed E-state index contributed by atoms with van der Waals surface area (Å²) in [7, 11) is 1.52. The van der Waals surface area contributed by atoms with Crippen LogP contribution in [0.15, 0.2) is 48.9 Å². The van der Waals surface area contributed by atoms with Gasteiger partial charge < -0.3 is 18.7 Å². The van der Waals surface area contributed by atoms with Crippen LogP contribution in [0.25, 0.3) is 28.4 Å². The Morgan fingerprint density at radius 2 is 1.78 bits per heavy atom. The van der Waals surface area contributed by atoms with Crippen LogP contribution in [-0.2, 0) is 4.79 Å². The van der Waals surface area contributed by atoms with Crippen molar-refractivity contribution in [2.45, 2.75) is 38.1 Å². The van der Waals surface area contributed by atoms with Crippen molar-refractivity contribution in [3.8, 4) is 22.8 Å². The molecule has 1 N–H and O–H groups in total. The summed E-state index contributed by atoms with van der Waals surface area (Å²) < 4.78 is 17.1. The number of thioether (sulfide) groups is 1. The molecule has 0 unspecified atom stereocenters. The van der Waals surface area contributed by atoms with Crippen LogP contribution in [-0.4, -0.2) is 33.4 Å². The van der Waals surface area contributed by atoms with Crippen LogP contribution in [0.2, 0.25) is 0 Å². The van der Waals surface area contributed by atoms with Crippen LogP contribution in [0.1, 0.15) is 37.9 Å². The molecule has 9 heteroatoms. The molecule has 7 nitrogen and oxygen atoms in total. The summed E-state index contributed by atoms with van der Waals surface area (Å²) in [5, 5.41) is 11.2. The summed E-state index contributed by atoms with van der Waals surface area (Å²) in [6.45, 7) is 0. The summed E-state index contributed by atoms with van der Waals surface area (Å²) in [5.41, 5.74) is -0.557. The van der Waals surface area contributed by atoms with Crippen molar-refractivity contribution in [1.82, 2.24) is 4.90 Å². The second-order valence-corrected chi connectivity index (χ2v) is 12.3. The Morgan fingerprint density at radius 3 is 2.49 bits per heavy atom. The van der Waals surface area contributed by atoms with Gasteiger partial charge in [-0.1, -0.05) is 24.0 Å². The Balaban J connectivity index is 1.19. The monoisotopic (exact) mass is 535 g/mol. The number of nitrogens with zero attached hydrogens (tertiary/aromatic N) is 1. The maximum absolute atomic E-state index is 13.5. The lowest BCUT2D eigenvalue weighted by Gasteiger charge is -2.56. The van der Waals surface area contributed by atoms with Gasteiger partial charge in [0.25, 0.3) is 5.91 Å². The van der Waals surface area contributed by atoms with Gasteiger partial charge in [-0.3, -0.25) is 9.69 Å². The number of ether oxygens (including phenoxy) is 1. The molecule has 4 saturated carbocycles. The number of thiocarbonyl (C=S) groups is 1. The quantitative estimate of drug-likeness (QED) is 0.255. The standard InChI is InChI=1S/C28H25NO6S2/c1-33-17-2-4-20-19(11-17)25(30)23(27(32)35-20)21-5-3-18(34-21)12-22-26(31)29(28(36)37-22)24-15-7-13-6-14(9-15)10-16(24)8-13/h2-5,11-16,24,30H,6-10H2,1H3. The molecule has 8 rings (SSSR count). The first-order valence-electron chi connectivity index (χ1n) is 12.6. The van der Waals surface area contributed by atoms with Crippen molar-refractivity contribution < 1.29 is 23.5 Å². The highest BCUT2D eigenvalue weighted by Crippen LogP contribution is 2.56. The van der Waals surface area contributed by atoms with Crippen LogP contribution in [0.4, 0.5) is 0 Å². The number of carbonyl (C=O) groups is 1. The van der Waals surface area contributed by atoms with Gasteiger partial charge in [-0.2, -0.15) is 0 Å². The number of benzene rings is 1. The first-order chi connectivity index (χ1) is 17.9. The fourth-order valence-corrected chi connectivity index (χ4v) is 8.58. The average Bonchev–Trinajstić information content (AvgIpc) is 3.43. The van der Waals surface area contributed by atoms with Crippen LogP contribution in [0, 0.1) is 23.7 Å². The molecule has 1 aromatic carbocycles. The van der Waals surface area contributed by atoms with Gasteiger partial charge in [0.2, 0.25) is 0 Å². The molecule has 37 heavy (non-hydrogen) atoms. The van der Waals surface area contributed by atoms with Gasteiger partial charge in [0, 0.05) is 12.1 Å².